The van der Waals surface area contributed by atoms with E-state index in [1.54, 1.807) is 50.4 Å². The van der Waals surface area contributed by atoms with Crippen molar-refractivity contribution in [2.45, 2.75) is 6.92 Å². The van der Waals surface area contributed by atoms with E-state index in [1.165, 1.54) is 6.08 Å². The number of hydrogen-bond donors (Lipinski definition) is 1. The first-order valence-electron chi connectivity index (χ1n) is 7.53. The van der Waals surface area contributed by atoms with Crippen molar-refractivity contribution >= 4 is 23.6 Å². The first-order chi connectivity index (χ1) is 11.6. The molecule has 0 saturated heterocycles. The molecule has 0 aliphatic rings. The van der Waals surface area contributed by atoms with E-state index in [4.69, 9.17) is 9.47 Å². The van der Waals surface area contributed by atoms with Gasteiger partial charge in [-0.3, -0.25) is 4.79 Å². The van der Waals surface area contributed by atoms with Crippen molar-refractivity contribution in [2.75, 3.05) is 19.0 Å². The van der Waals surface area contributed by atoms with Gasteiger partial charge >= 0.3 is 5.97 Å². The molecule has 2 aromatic carbocycles. The first kappa shape index (κ1) is 17.3. The maximum Gasteiger partial charge on any atom is 0.343 e. The number of rotatable bonds is 6. The largest absolute Gasteiger partial charge is 0.497 e. The summed E-state index contributed by atoms with van der Waals surface area (Å²) in [7, 11) is 1.56. The summed E-state index contributed by atoms with van der Waals surface area (Å²) >= 11 is 0. The van der Waals surface area contributed by atoms with Crippen LogP contribution in [-0.2, 0) is 14.3 Å². The van der Waals surface area contributed by atoms with Crippen LogP contribution in [0.25, 0.3) is 6.08 Å². The SMILES string of the molecule is CCOC(=O)C(=Cc1ccccc1)C(=O)Nc1ccc(OC)cc1. The molecule has 0 bridgehead atoms. The van der Waals surface area contributed by atoms with E-state index in [1.807, 2.05) is 18.2 Å². The van der Waals surface area contributed by atoms with E-state index < -0.39 is 11.9 Å². The van der Waals surface area contributed by atoms with Crippen LogP contribution in [0.4, 0.5) is 5.69 Å². The quantitative estimate of drug-likeness (QED) is 0.383. The second kappa shape index (κ2) is 8.53. The third-order valence-electron chi connectivity index (χ3n) is 3.20. The molecule has 2 aromatic rings. The number of carbonyl (C=O) groups excluding carboxylic acids is 2. The van der Waals surface area contributed by atoms with Crippen molar-refractivity contribution in [3.63, 3.8) is 0 Å². The van der Waals surface area contributed by atoms with Gasteiger partial charge in [-0.2, -0.15) is 0 Å². The van der Waals surface area contributed by atoms with Crippen LogP contribution in [0.1, 0.15) is 12.5 Å². The highest BCUT2D eigenvalue weighted by atomic mass is 16.5. The van der Waals surface area contributed by atoms with E-state index in [2.05, 4.69) is 5.32 Å². The molecule has 0 atom stereocenters. The first-order valence-corrected chi connectivity index (χ1v) is 7.53. The molecule has 0 aliphatic carbocycles. The molecule has 0 aliphatic heterocycles. The molecular weight excluding hydrogens is 306 g/mol. The maximum atomic E-state index is 12.5. The van der Waals surface area contributed by atoms with Crippen molar-refractivity contribution in [1.82, 2.24) is 0 Å². The molecule has 0 heterocycles. The molecule has 0 unspecified atom stereocenters. The molecule has 0 radical (unpaired) electrons. The van der Waals surface area contributed by atoms with Crippen LogP contribution in [0.3, 0.4) is 0 Å². The van der Waals surface area contributed by atoms with E-state index in [9.17, 15) is 9.59 Å². The highest BCUT2D eigenvalue weighted by molar-refractivity contribution is 6.24. The van der Waals surface area contributed by atoms with Crippen molar-refractivity contribution in [3.05, 3.63) is 65.7 Å². The standard InChI is InChI=1S/C19H19NO4/c1-3-24-19(22)17(13-14-7-5-4-6-8-14)18(21)20-15-9-11-16(23-2)12-10-15/h4-13H,3H2,1-2H3,(H,20,21). The normalized spacial score (nSPS) is 10.8. The smallest absolute Gasteiger partial charge is 0.343 e. The predicted octanol–water partition coefficient (Wildman–Crippen LogP) is 3.28. The van der Waals surface area contributed by atoms with Crippen molar-refractivity contribution < 1.29 is 19.1 Å². The average Bonchev–Trinajstić information content (AvgIpc) is 2.61. The fourth-order valence-corrected chi connectivity index (χ4v) is 2.01. The molecule has 0 saturated carbocycles. The lowest BCUT2D eigenvalue weighted by atomic mass is 10.1. The van der Waals surface area contributed by atoms with Gasteiger partial charge in [-0.1, -0.05) is 30.3 Å². The van der Waals surface area contributed by atoms with Gasteiger partial charge in [0.15, 0.2) is 0 Å². The Bertz CT molecular complexity index is 721. The predicted molar refractivity (Wildman–Crippen MR) is 92.7 cm³/mol. The minimum Gasteiger partial charge on any atom is -0.497 e. The van der Waals surface area contributed by atoms with Crippen molar-refractivity contribution in [1.29, 1.82) is 0 Å². The molecule has 24 heavy (non-hydrogen) atoms. The van der Waals surface area contributed by atoms with Crippen LogP contribution in [0.2, 0.25) is 0 Å². The van der Waals surface area contributed by atoms with Crippen molar-refractivity contribution in [2.24, 2.45) is 0 Å². The van der Waals surface area contributed by atoms with Gasteiger partial charge < -0.3 is 14.8 Å². The topological polar surface area (TPSA) is 64.6 Å². The second-order valence-electron chi connectivity index (χ2n) is 4.87. The van der Waals surface area contributed by atoms with Crippen molar-refractivity contribution in [3.8, 4) is 5.75 Å². The molecule has 0 aromatic heterocycles. The van der Waals surface area contributed by atoms with Gasteiger partial charge in [0.25, 0.3) is 5.91 Å². The third kappa shape index (κ3) is 4.71. The van der Waals surface area contributed by atoms with Gasteiger partial charge in [0.05, 0.1) is 13.7 Å². The average molecular weight is 325 g/mol. The summed E-state index contributed by atoms with van der Waals surface area (Å²) < 4.78 is 10.1. The zero-order valence-electron chi connectivity index (χ0n) is 13.6. The summed E-state index contributed by atoms with van der Waals surface area (Å²) in [5, 5.41) is 2.69. The van der Waals surface area contributed by atoms with E-state index in [-0.39, 0.29) is 12.2 Å². The molecule has 5 heteroatoms. The van der Waals surface area contributed by atoms with Gasteiger partial charge in [0.2, 0.25) is 0 Å². The number of amides is 1. The van der Waals surface area contributed by atoms with Gasteiger partial charge in [0, 0.05) is 5.69 Å². The Morgan fingerprint density at radius 2 is 1.71 bits per heavy atom. The molecule has 124 valence electrons. The number of hydrogen-bond acceptors (Lipinski definition) is 4. The Morgan fingerprint density at radius 3 is 2.29 bits per heavy atom. The zero-order chi connectivity index (χ0) is 17.4. The lowest BCUT2D eigenvalue weighted by molar-refractivity contribution is -0.139. The molecule has 0 spiro atoms. The fraction of sp³-hybridized carbons (Fsp3) is 0.158. The number of nitrogens with one attached hydrogen (secondary N) is 1. The van der Waals surface area contributed by atoms with Gasteiger partial charge in [-0.25, -0.2) is 4.79 Å². The monoisotopic (exact) mass is 325 g/mol. The Hall–Kier alpha value is -3.08. The summed E-state index contributed by atoms with van der Waals surface area (Å²) in [5.74, 6) is -0.506. The summed E-state index contributed by atoms with van der Waals surface area (Å²) in [4.78, 5) is 24.6. The van der Waals surface area contributed by atoms with E-state index in [0.29, 0.717) is 11.4 Å². The second-order valence-corrected chi connectivity index (χ2v) is 4.87. The number of anilines is 1. The molecule has 1 N–H and O–H groups in total. The Morgan fingerprint density at radius 1 is 1.04 bits per heavy atom. The van der Waals surface area contributed by atoms with Crippen LogP contribution in [0, 0.1) is 0 Å². The van der Waals surface area contributed by atoms with Crippen LogP contribution < -0.4 is 10.1 Å². The molecule has 5 nitrogen and oxygen atoms in total. The number of carbonyl (C=O) groups is 2. The maximum absolute atomic E-state index is 12.5. The summed E-state index contributed by atoms with van der Waals surface area (Å²) in [6.45, 7) is 1.89. The minimum absolute atomic E-state index is 0.0566. The molecule has 0 fully saturated rings. The Kier molecular flexibility index (Phi) is 6.14. The number of methoxy groups -OCH3 is 1. The zero-order valence-corrected chi connectivity index (χ0v) is 13.6. The lowest BCUT2D eigenvalue weighted by Crippen LogP contribution is -2.22. The lowest BCUT2D eigenvalue weighted by Gasteiger charge is -2.09. The van der Waals surface area contributed by atoms with Gasteiger partial charge in [-0.05, 0) is 42.8 Å². The number of benzene rings is 2. The highest BCUT2D eigenvalue weighted by Crippen LogP contribution is 2.17. The number of ether oxygens (including phenoxy) is 2. The fourth-order valence-electron chi connectivity index (χ4n) is 2.01. The summed E-state index contributed by atoms with van der Waals surface area (Å²) in [5.41, 5.74) is 1.24. The minimum atomic E-state index is -0.660. The van der Waals surface area contributed by atoms with Crippen LogP contribution >= 0.6 is 0 Å². The summed E-state index contributed by atoms with van der Waals surface area (Å²) in [6, 6.07) is 16.0. The number of esters is 1. The van der Waals surface area contributed by atoms with Gasteiger partial charge in [0.1, 0.15) is 11.3 Å². The Labute approximate surface area is 140 Å². The molecular formula is C19H19NO4. The highest BCUT2D eigenvalue weighted by Gasteiger charge is 2.19. The molecule has 2 rings (SSSR count). The van der Waals surface area contributed by atoms with Crippen LogP contribution in [0.15, 0.2) is 60.2 Å². The Balaban J connectivity index is 2.23. The van der Waals surface area contributed by atoms with Crippen LogP contribution in [0.5, 0.6) is 5.75 Å². The van der Waals surface area contributed by atoms with Gasteiger partial charge in [-0.15, -0.1) is 0 Å². The third-order valence-corrected chi connectivity index (χ3v) is 3.20. The molecule has 1 amide bonds. The summed E-state index contributed by atoms with van der Waals surface area (Å²) in [6.07, 6.45) is 1.51. The van der Waals surface area contributed by atoms with E-state index >= 15 is 0 Å². The van der Waals surface area contributed by atoms with E-state index in [0.717, 1.165) is 5.56 Å². The van der Waals surface area contributed by atoms with Crippen LogP contribution in [-0.4, -0.2) is 25.6 Å².